The zero-order valence-corrected chi connectivity index (χ0v) is 18.1. The van der Waals surface area contributed by atoms with Crippen LogP contribution >= 0.6 is 0 Å². The van der Waals surface area contributed by atoms with Crippen LogP contribution < -0.4 is 19.5 Å². The molecule has 0 spiro atoms. The minimum Gasteiger partial charge on any atom is -0.493 e. The Bertz CT molecular complexity index is 800. The summed E-state index contributed by atoms with van der Waals surface area (Å²) in [7, 11) is 4.72. The fraction of sp³-hybridized carbons (Fsp3) is 0.458. The molecule has 1 amide bonds. The maximum atomic E-state index is 12.6. The number of methoxy groups -OCH3 is 3. The molecule has 6 nitrogen and oxygen atoms in total. The van der Waals surface area contributed by atoms with E-state index in [0.717, 1.165) is 25.1 Å². The van der Waals surface area contributed by atoms with Gasteiger partial charge in [-0.3, -0.25) is 9.69 Å². The SMILES string of the molecule is COc1cc(CC(=O)NCC2CCCCN2Cc2ccccc2)cc(OC)c1OC. The summed E-state index contributed by atoms with van der Waals surface area (Å²) in [6.07, 6.45) is 3.79. The van der Waals surface area contributed by atoms with Crippen molar-refractivity contribution in [1.82, 2.24) is 10.2 Å². The van der Waals surface area contributed by atoms with Crippen molar-refractivity contribution in [2.24, 2.45) is 0 Å². The first-order chi connectivity index (χ1) is 14.6. The second-order valence-corrected chi connectivity index (χ2v) is 7.62. The van der Waals surface area contributed by atoms with Crippen molar-refractivity contribution >= 4 is 5.91 Å². The van der Waals surface area contributed by atoms with Gasteiger partial charge in [0, 0.05) is 19.1 Å². The van der Waals surface area contributed by atoms with Crippen LogP contribution in [0.4, 0.5) is 0 Å². The van der Waals surface area contributed by atoms with Gasteiger partial charge in [0.05, 0.1) is 27.8 Å². The Kier molecular flexibility index (Phi) is 7.97. The molecular weight excluding hydrogens is 380 g/mol. The van der Waals surface area contributed by atoms with Gasteiger partial charge < -0.3 is 19.5 Å². The second-order valence-electron chi connectivity index (χ2n) is 7.62. The molecule has 30 heavy (non-hydrogen) atoms. The van der Waals surface area contributed by atoms with Gasteiger partial charge >= 0.3 is 0 Å². The molecule has 0 saturated carbocycles. The highest BCUT2D eigenvalue weighted by molar-refractivity contribution is 5.79. The smallest absolute Gasteiger partial charge is 0.224 e. The zero-order valence-electron chi connectivity index (χ0n) is 18.1. The van der Waals surface area contributed by atoms with E-state index in [0.29, 0.717) is 29.8 Å². The Balaban J connectivity index is 1.59. The highest BCUT2D eigenvalue weighted by atomic mass is 16.5. The number of ether oxygens (including phenoxy) is 3. The van der Waals surface area contributed by atoms with Gasteiger partial charge in [-0.1, -0.05) is 36.8 Å². The molecule has 1 heterocycles. The molecule has 1 aliphatic rings. The fourth-order valence-electron chi connectivity index (χ4n) is 4.03. The molecular formula is C24H32N2O4. The van der Waals surface area contributed by atoms with Crippen LogP contribution in [0, 0.1) is 0 Å². The topological polar surface area (TPSA) is 60.0 Å². The van der Waals surface area contributed by atoms with Crippen molar-refractivity contribution in [3.05, 3.63) is 53.6 Å². The molecule has 2 aromatic rings. The lowest BCUT2D eigenvalue weighted by molar-refractivity contribution is -0.120. The highest BCUT2D eigenvalue weighted by Gasteiger charge is 2.23. The van der Waals surface area contributed by atoms with E-state index in [1.54, 1.807) is 21.3 Å². The lowest BCUT2D eigenvalue weighted by Gasteiger charge is -2.36. The molecule has 0 bridgehead atoms. The van der Waals surface area contributed by atoms with Gasteiger partial charge in [-0.2, -0.15) is 0 Å². The van der Waals surface area contributed by atoms with Crippen LogP contribution in [0.2, 0.25) is 0 Å². The van der Waals surface area contributed by atoms with Crippen molar-refractivity contribution in [1.29, 1.82) is 0 Å². The van der Waals surface area contributed by atoms with E-state index in [1.807, 2.05) is 18.2 Å². The van der Waals surface area contributed by atoms with Crippen LogP contribution in [-0.2, 0) is 17.8 Å². The Morgan fingerprint density at radius 2 is 1.70 bits per heavy atom. The number of likely N-dealkylation sites (tertiary alicyclic amines) is 1. The number of hydrogen-bond acceptors (Lipinski definition) is 5. The molecule has 1 fully saturated rings. The van der Waals surface area contributed by atoms with E-state index in [9.17, 15) is 4.79 Å². The van der Waals surface area contributed by atoms with Gasteiger partial charge in [-0.15, -0.1) is 0 Å². The summed E-state index contributed by atoms with van der Waals surface area (Å²) >= 11 is 0. The van der Waals surface area contributed by atoms with Crippen molar-refractivity contribution in [3.63, 3.8) is 0 Å². The largest absolute Gasteiger partial charge is 0.493 e. The van der Waals surface area contributed by atoms with Crippen LogP contribution in [-0.4, -0.2) is 51.3 Å². The van der Waals surface area contributed by atoms with Crippen LogP contribution in [0.5, 0.6) is 17.2 Å². The van der Waals surface area contributed by atoms with Gasteiger partial charge in [-0.25, -0.2) is 0 Å². The summed E-state index contributed by atoms with van der Waals surface area (Å²) < 4.78 is 16.1. The number of hydrogen-bond donors (Lipinski definition) is 1. The third-order valence-electron chi connectivity index (χ3n) is 5.60. The molecule has 0 aromatic heterocycles. The first kappa shape index (κ1) is 22.0. The van der Waals surface area contributed by atoms with E-state index < -0.39 is 0 Å². The number of carbonyl (C=O) groups excluding carboxylic acids is 1. The number of nitrogens with one attached hydrogen (secondary N) is 1. The van der Waals surface area contributed by atoms with Crippen LogP contribution in [0.1, 0.15) is 30.4 Å². The summed E-state index contributed by atoms with van der Waals surface area (Å²) in [4.78, 5) is 15.1. The van der Waals surface area contributed by atoms with E-state index >= 15 is 0 Å². The number of amides is 1. The molecule has 0 radical (unpaired) electrons. The molecule has 1 aliphatic heterocycles. The molecule has 1 saturated heterocycles. The molecule has 2 aromatic carbocycles. The summed E-state index contributed by atoms with van der Waals surface area (Å²) in [6.45, 7) is 2.66. The number of rotatable bonds is 9. The third-order valence-corrected chi connectivity index (χ3v) is 5.60. The predicted octanol–water partition coefficient (Wildman–Crippen LogP) is 3.43. The van der Waals surface area contributed by atoms with Crippen molar-refractivity contribution in [2.45, 2.75) is 38.3 Å². The van der Waals surface area contributed by atoms with Gasteiger partial charge in [0.1, 0.15) is 0 Å². The average molecular weight is 413 g/mol. The van der Waals surface area contributed by atoms with Crippen LogP contribution in [0.15, 0.2) is 42.5 Å². The number of piperidine rings is 1. The number of nitrogens with zero attached hydrogens (tertiary/aromatic N) is 1. The van der Waals surface area contributed by atoms with E-state index in [2.05, 4.69) is 34.5 Å². The first-order valence-electron chi connectivity index (χ1n) is 10.5. The van der Waals surface area contributed by atoms with Crippen LogP contribution in [0.25, 0.3) is 0 Å². The molecule has 1 unspecified atom stereocenters. The number of benzene rings is 2. The van der Waals surface area contributed by atoms with Crippen molar-refractivity contribution in [2.75, 3.05) is 34.4 Å². The van der Waals surface area contributed by atoms with E-state index in [1.165, 1.54) is 18.4 Å². The Morgan fingerprint density at radius 1 is 1.00 bits per heavy atom. The van der Waals surface area contributed by atoms with Gasteiger partial charge in [0.25, 0.3) is 0 Å². The minimum absolute atomic E-state index is 0.00509. The lowest BCUT2D eigenvalue weighted by Crippen LogP contribution is -2.46. The Labute approximate surface area is 179 Å². The van der Waals surface area contributed by atoms with Gasteiger partial charge in [-0.05, 0) is 42.6 Å². The lowest BCUT2D eigenvalue weighted by atomic mass is 10.0. The fourth-order valence-corrected chi connectivity index (χ4v) is 4.03. The standard InChI is InChI=1S/C24H32N2O4/c1-28-21-13-19(14-22(29-2)24(21)30-3)15-23(27)25-16-20-11-7-8-12-26(20)17-18-9-5-4-6-10-18/h4-6,9-10,13-14,20H,7-8,11-12,15-17H2,1-3H3,(H,25,27). The summed E-state index contributed by atoms with van der Waals surface area (Å²) in [5.74, 6) is 1.64. The third kappa shape index (κ3) is 5.66. The molecule has 1 atom stereocenters. The predicted molar refractivity (Wildman–Crippen MR) is 117 cm³/mol. The summed E-state index contributed by atoms with van der Waals surface area (Å²) in [6, 6.07) is 14.5. The minimum atomic E-state index is -0.00509. The van der Waals surface area contributed by atoms with Gasteiger partial charge in [0.15, 0.2) is 11.5 Å². The van der Waals surface area contributed by atoms with E-state index in [4.69, 9.17) is 14.2 Å². The molecule has 3 rings (SSSR count). The quantitative estimate of drug-likeness (QED) is 0.684. The second kappa shape index (κ2) is 10.9. The number of carbonyl (C=O) groups is 1. The van der Waals surface area contributed by atoms with Crippen LogP contribution in [0.3, 0.4) is 0 Å². The molecule has 162 valence electrons. The Hall–Kier alpha value is -2.73. The van der Waals surface area contributed by atoms with Gasteiger partial charge in [0.2, 0.25) is 11.7 Å². The highest BCUT2D eigenvalue weighted by Crippen LogP contribution is 2.38. The normalized spacial score (nSPS) is 16.7. The molecule has 6 heteroatoms. The Morgan fingerprint density at radius 3 is 2.33 bits per heavy atom. The summed E-state index contributed by atoms with van der Waals surface area (Å²) in [5.41, 5.74) is 2.14. The summed E-state index contributed by atoms with van der Waals surface area (Å²) in [5, 5.41) is 3.13. The molecule has 1 N–H and O–H groups in total. The maximum Gasteiger partial charge on any atom is 0.224 e. The van der Waals surface area contributed by atoms with E-state index in [-0.39, 0.29) is 12.3 Å². The van der Waals surface area contributed by atoms with Crippen molar-refractivity contribution in [3.8, 4) is 17.2 Å². The maximum absolute atomic E-state index is 12.6. The van der Waals surface area contributed by atoms with Crippen molar-refractivity contribution < 1.29 is 19.0 Å². The average Bonchev–Trinajstić information content (AvgIpc) is 2.78. The monoisotopic (exact) mass is 412 g/mol. The first-order valence-corrected chi connectivity index (χ1v) is 10.5. The zero-order chi connectivity index (χ0) is 21.3. The molecule has 0 aliphatic carbocycles.